The Balaban J connectivity index is 2.12. The molecule has 2 aromatic heterocycles. The number of benzene rings is 1. The SMILES string of the molecule is COc1ccc(-c2cn3cccc(CN)c3n2)cc1C. The van der Waals surface area contributed by atoms with Gasteiger partial charge in [0.05, 0.1) is 12.8 Å². The van der Waals surface area contributed by atoms with Crippen molar-refractivity contribution in [2.75, 3.05) is 7.11 Å². The van der Waals surface area contributed by atoms with E-state index in [-0.39, 0.29) is 0 Å². The first-order chi connectivity index (χ1) is 9.72. The van der Waals surface area contributed by atoms with Crippen LogP contribution < -0.4 is 10.5 Å². The van der Waals surface area contributed by atoms with Gasteiger partial charge in [-0.05, 0) is 36.8 Å². The molecule has 4 nitrogen and oxygen atoms in total. The van der Waals surface area contributed by atoms with Gasteiger partial charge in [-0.15, -0.1) is 0 Å². The fraction of sp³-hybridized carbons (Fsp3) is 0.188. The van der Waals surface area contributed by atoms with Crippen LogP contribution in [0.1, 0.15) is 11.1 Å². The van der Waals surface area contributed by atoms with Gasteiger partial charge in [0, 0.05) is 30.1 Å². The lowest BCUT2D eigenvalue weighted by Gasteiger charge is -2.05. The molecule has 102 valence electrons. The van der Waals surface area contributed by atoms with Crippen molar-refractivity contribution in [3.63, 3.8) is 0 Å². The molecule has 2 heterocycles. The van der Waals surface area contributed by atoms with Gasteiger partial charge in [0.15, 0.2) is 0 Å². The predicted molar refractivity (Wildman–Crippen MR) is 79.8 cm³/mol. The van der Waals surface area contributed by atoms with Crippen LogP contribution in [0.2, 0.25) is 0 Å². The van der Waals surface area contributed by atoms with E-state index in [0.29, 0.717) is 6.54 Å². The molecule has 0 amide bonds. The highest BCUT2D eigenvalue weighted by Crippen LogP contribution is 2.26. The second-order valence-electron chi connectivity index (χ2n) is 4.78. The van der Waals surface area contributed by atoms with E-state index in [0.717, 1.165) is 33.8 Å². The molecule has 2 N–H and O–H groups in total. The summed E-state index contributed by atoms with van der Waals surface area (Å²) < 4.78 is 7.30. The zero-order chi connectivity index (χ0) is 14.1. The lowest BCUT2D eigenvalue weighted by Crippen LogP contribution is -1.99. The predicted octanol–water partition coefficient (Wildman–Crippen LogP) is 2.78. The summed E-state index contributed by atoms with van der Waals surface area (Å²) in [4.78, 5) is 4.69. The molecule has 4 heteroatoms. The maximum Gasteiger partial charge on any atom is 0.141 e. The quantitative estimate of drug-likeness (QED) is 0.794. The second kappa shape index (κ2) is 4.98. The number of aromatic nitrogens is 2. The van der Waals surface area contributed by atoms with Crippen LogP contribution in [-0.2, 0) is 6.54 Å². The van der Waals surface area contributed by atoms with Gasteiger partial charge in [-0.1, -0.05) is 6.07 Å². The molecule has 0 saturated carbocycles. The zero-order valence-electron chi connectivity index (χ0n) is 11.6. The number of imidazole rings is 1. The van der Waals surface area contributed by atoms with Crippen molar-refractivity contribution in [3.05, 3.63) is 53.9 Å². The Morgan fingerprint density at radius 3 is 2.85 bits per heavy atom. The van der Waals surface area contributed by atoms with E-state index in [2.05, 4.69) is 6.07 Å². The number of ether oxygens (including phenoxy) is 1. The largest absolute Gasteiger partial charge is 0.496 e. The van der Waals surface area contributed by atoms with Crippen LogP contribution in [0.3, 0.4) is 0 Å². The summed E-state index contributed by atoms with van der Waals surface area (Å²) in [5.41, 5.74) is 10.8. The smallest absolute Gasteiger partial charge is 0.141 e. The van der Waals surface area contributed by atoms with Gasteiger partial charge in [0.2, 0.25) is 0 Å². The first-order valence-electron chi connectivity index (χ1n) is 6.54. The zero-order valence-corrected chi connectivity index (χ0v) is 11.6. The van der Waals surface area contributed by atoms with Crippen LogP contribution in [0.15, 0.2) is 42.7 Å². The number of rotatable bonds is 3. The minimum atomic E-state index is 0.489. The van der Waals surface area contributed by atoms with Crippen LogP contribution in [0.5, 0.6) is 5.75 Å². The summed E-state index contributed by atoms with van der Waals surface area (Å²) in [6.07, 6.45) is 4.01. The molecular weight excluding hydrogens is 250 g/mol. The molecule has 0 aliphatic rings. The molecule has 1 aromatic carbocycles. The van der Waals surface area contributed by atoms with Gasteiger partial charge < -0.3 is 14.9 Å². The number of hydrogen-bond donors (Lipinski definition) is 1. The Morgan fingerprint density at radius 1 is 1.30 bits per heavy atom. The Labute approximate surface area is 117 Å². The van der Waals surface area contributed by atoms with E-state index in [9.17, 15) is 0 Å². The molecule has 0 fully saturated rings. The molecular formula is C16H17N3O. The van der Waals surface area contributed by atoms with Crippen LogP contribution in [0.25, 0.3) is 16.9 Å². The Morgan fingerprint density at radius 2 is 2.15 bits per heavy atom. The van der Waals surface area contributed by atoms with Crippen molar-refractivity contribution >= 4 is 5.65 Å². The number of pyridine rings is 1. The maximum absolute atomic E-state index is 5.76. The van der Waals surface area contributed by atoms with Crippen LogP contribution in [0.4, 0.5) is 0 Å². The molecule has 0 aliphatic carbocycles. The standard InChI is InChI=1S/C16H17N3O/c1-11-8-12(5-6-15(11)20-2)14-10-19-7-3-4-13(9-17)16(19)18-14/h3-8,10H,9,17H2,1-2H3. The molecule has 0 spiro atoms. The average Bonchev–Trinajstić information content (AvgIpc) is 2.91. The van der Waals surface area contributed by atoms with Crippen molar-refractivity contribution < 1.29 is 4.74 Å². The van der Waals surface area contributed by atoms with E-state index in [4.69, 9.17) is 15.5 Å². The van der Waals surface area contributed by atoms with Crippen LogP contribution >= 0.6 is 0 Å². The van der Waals surface area contributed by atoms with Gasteiger partial charge in [0.1, 0.15) is 11.4 Å². The van der Waals surface area contributed by atoms with Gasteiger partial charge >= 0.3 is 0 Å². The van der Waals surface area contributed by atoms with Gasteiger partial charge in [-0.2, -0.15) is 0 Å². The highest BCUT2D eigenvalue weighted by molar-refractivity contribution is 5.66. The van der Waals surface area contributed by atoms with Crippen molar-refractivity contribution in [2.45, 2.75) is 13.5 Å². The highest BCUT2D eigenvalue weighted by atomic mass is 16.5. The molecule has 0 saturated heterocycles. The minimum absolute atomic E-state index is 0.489. The Bertz CT molecular complexity index is 762. The molecule has 3 rings (SSSR count). The number of hydrogen-bond acceptors (Lipinski definition) is 3. The number of aryl methyl sites for hydroxylation is 1. The molecule has 0 radical (unpaired) electrons. The monoisotopic (exact) mass is 267 g/mol. The average molecular weight is 267 g/mol. The summed E-state index contributed by atoms with van der Waals surface area (Å²) in [5.74, 6) is 0.889. The minimum Gasteiger partial charge on any atom is -0.496 e. The lowest BCUT2D eigenvalue weighted by atomic mass is 10.1. The van der Waals surface area contributed by atoms with E-state index in [1.54, 1.807) is 7.11 Å². The molecule has 20 heavy (non-hydrogen) atoms. The number of nitrogens with zero attached hydrogens (tertiary/aromatic N) is 2. The fourth-order valence-corrected chi connectivity index (χ4v) is 2.41. The topological polar surface area (TPSA) is 52.5 Å². The number of nitrogens with two attached hydrogens (primary N) is 1. The van der Waals surface area contributed by atoms with E-state index < -0.39 is 0 Å². The van der Waals surface area contributed by atoms with Crippen molar-refractivity contribution in [2.24, 2.45) is 5.73 Å². The molecule has 0 atom stereocenters. The molecule has 0 aliphatic heterocycles. The van der Waals surface area contributed by atoms with Gasteiger partial charge in [0.25, 0.3) is 0 Å². The normalized spacial score (nSPS) is 10.9. The third kappa shape index (κ3) is 2.04. The van der Waals surface area contributed by atoms with E-state index >= 15 is 0 Å². The maximum atomic E-state index is 5.76. The third-order valence-corrected chi connectivity index (χ3v) is 3.47. The summed E-state index contributed by atoms with van der Waals surface area (Å²) >= 11 is 0. The van der Waals surface area contributed by atoms with Crippen LogP contribution in [-0.4, -0.2) is 16.5 Å². The second-order valence-corrected chi connectivity index (χ2v) is 4.78. The van der Waals surface area contributed by atoms with Crippen molar-refractivity contribution in [1.29, 1.82) is 0 Å². The van der Waals surface area contributed by atoms with Crippen molar-refractivity contribution in [1.82, 2.24) is 9.38 Å². The molecule has 0 unspecified atom stereocenters. The Kier molecular flexibility index (Phi) is 3.16. The van der Waals surface area contributed by atoms with E-state index in [1.807, 2.05) is 48.0 Å². The molecule has 0 bridgehead atoms. The summed E-state index contributed by atoms with van der Waals surface area (Å²) in [6.45, 7) is 2.52. The fourth-order valence-electron chi connectivity index (χ4n) is 2.41. The first-order valence-corrected chi connectivity index (χ1v) is 6.54. The highest BCUT2D eigenvalue weighted by Gasteiger charge is 2.08. The summed E-state index contributed by atoms with van der Waals surface area (Å²) in [7, 11) is 1.68. The number of methoxy groups -OCH3 is 1. The van der Waals surface area contributed by atoms with Crippen LogP contribution in [0, 0.1) is 6.92 Å². The first kappa shape index (κ1) is 12.7. The van der Waals surface area contributed by atoms with Crippen molar-refractivity contribution in [3.8, 4) is 17.0 Å². The van der Waals surface area contributed by atoms with Gasteiger partial charge in [-0.25, -0.2) is 4.98 Å². The number of fused-ring (bicyclic) bond motifs is 1. The van der Waals surface area contributed by atoms with E-state index in [1.165, 1.54) is 0 Å². The third-order valence-electron chi connectivity index (χ3n) is 3.47. The Hall–Kier alpha value is -2.33. The van der Waals surface area contributed by atoms with Gasteiger partial charge in [-0.3, -0.25) is 0 Å². The summed E-state index contributed by atoms with van der Waals surface area (Å²) in [6, 6.07) is 10.1. The summed E-state index contributed by atoms with van der Waals surface area (Å²) in [5, 5.41) is 0. The lowest BCUT2D eigenvalue weighted by molar-refractivity contribution is 0.412. The molecule has 3 aromatic rings.